The lowest BCUT2D eigenvalue weighted by Crippen LogP contribution is -3.10. The van der Waals surface area contributed by atoms with Crippen LogP contribution in [0.25, 0.3) is 5.57 Å². The van der Waals surface area contributed by atoms with Crippen molar-refractivity contribution in [2.75, 3.05) is 19.9 Å². The van der Waals surface area contributed by atoms with Gasteiger partial charge >= 0.3 is 11.9 Å². The summed E-state index contributed by atoms with van der Waals surface area (Å²) < 4.78 is 25.6. The number of aromatic nitrogens is 2. The van der Waals surface area contributed by atoms with Gasteiger partial charge in [-0.2, -0.15) is 9.98 Å². The number of imidazole rings is 1. The van der Waals surface area contributed by atoms with Gasteiger partial charge in [0, 0.05) is 36.2 Å². The van der Waals surface area contributed by atoms with Crippen molar-refractivity contribution < 1.29 is 48.8 Å². The monoisotopic (exact) mass is 661 g/mol. The number of amidine groups is 1. The van der Waals surface area contributed by atoms with E-state index < -0.39 is 36.1 Å². The van der Waals surface area contributed by atoms with Crippen molar-refractivity contribution in [2.24, 2.45) is 15.0 Å². The fraction of sp³-hybridized carbons (Fsp3) is 0.406. The minimum atomic E-state index is -1.25. The second-order valence-electron chi connectivity index (χ2n) is 11.8. The first kappa shape index (κ1) is 32.7. The minimum absolute atomic E-state index is 0.0141. The molecular formula is C32H35N7O9. The molecule has 0 saturated heterocycles. The number of rotatable bonds is 11. The van der Waals surface area contributed by atoms with Gasteiger partial charge in [0.1, 0.15) is 23.4 Å². The highest BCUT2D eigenvalue weighted by molar-refractivity contribution is 6.66. The van der Waals surface area contributed by atoms with E-state index in [0.717, 1.165) is 0 Å². The molecule has 5 heterocycles. The maximum Gasteiger partial charge on any atom is 0.375 e. The van der Waals surface area contributed by atoms with Gasteiger partial charge in [0.2, 0.25) is 11.7 Å². The van der Waals surface area contributed by atoms with Crippen LogP contribution in [-0.4, -0.2) is 87.0 Å². The Hall–Kier alpha value is -5.19. The van der Waals surface area contributed by atoms with E-state index in [-0.39, 0.29) is 78.4 Å². The molecule has 0 fully saturated rings. The maximum absolute atomic E-state index is 13.2. The van der Waals surface area contributed by atoms with E-state index >= 15 is 0 Å². The fourth-order valence-electron chi connectivity index (χ4n) is 5.95. The SMILES string of the molecule is CCCOc1c2c(c(CO)c3c1C(=CCn1ccnc1[NH+]1CN=C4C([O-])=NC(=N)N=C41)C(C=O)=C(C(=O)OCC)O3)O[C@H](C(C)(C)O)C2. The highest BCUT2D eigenvalue weighted by atomic mass is 16.6. The van der Waals surface area contributed by atoms with Crippen LogP contribution in [0.2, 0.25) is 0 Å². The molecule has 4 N–H and O–H groups in total. The van der Waals surface area contributed by atoms with Crippen LogP contribution in [0.1, 0.15) is 50.8 Å². The van der Waals surface area contributed by atoms with Crippen molar-refractivity contribution in [3.05, 3.63) is 46.5 Å². The van der Waals surface area contributed by atoms with Crippen molar-refractivity contribution in [1.82, 2.24) is 9.55 Å². The average Bonchev–Trinajstić information content (AvgIpc) is 3.80. The van der Waals surface area contributed by atoms with E-state index in [0.29, 0.717) is 40.4 Å². The number of aldehydes is 1. The summed E-state index contributed by atoms with van der Waals surface area (Å²) in [6.07, 6.45) is 5.65. The third-order valence-corrected chi connectivity index (χ3v) is 8.19. The fourth-order valence-corrected chi connectivity index (χ4v) is 5.95. The number of allylic oxidation sites excluding steroid dienone is 3. The lowest BCUT2D eigenvalue weighted by molar-refractivity contribution is -0.730. The molecule has 4 aliphatic rings. The van der Waals surface area contributed by atoms with Crippen molar-refractivity contribution >= 4 is 47.2 Å². The van der Waals surface area contributed by atoms with Gasteiger partial charge in [0.15, 0.2) is 18.7 Å². The molecule has 0 saturated carbocycles. The molecule has 0 amide bonds. The van der Waals surface area contributed by atoms with Gasteiger partial charge in [0.05, 0.1) is 48.3 Å². The van der Waals surface area contributed by atoms with E-state index in [1.54, 1.807) is 43.8 Å². The predicted octanol–water partition coefficient (Wildman–Crippen LogP) is -0.235. The zero-order valence-electron chi connectivity index (χ0n) is 26.8. The molecule has 0 bridgehead atoms. The van der Waals surface area contributed by atoms with E-state index in [2.05, 4.69) is 20.0 Å². The Morgan fingerprint density at radius 3 is 2.77 bits per heavy atom. The molecule has 2 aromatic rings. The summed E-state index contributed by atoms with van der Waals surface area (Å²) in [4.78, 5) is 42.9. The highest BCUT2D eigenvalue weighted by Crippen LogP contribution is 2.54. The number of ether oxygens (including phenoxy) is 4. The molecule has 2 atom stereocenters. The Bertz CT molecular complexity index is 1860. The summed E-state index contributed by atoms with van der Waals surface area (Å²) in [6.45, 7) is 6.74. The lowest BCUT2D eigenvalue weighted by Gasteiger charge is -2.28. The Balaban J connectivity index is 1.51. The first-order valence-corrected chi connectivity index (χ1v) is 15.5. The standard InChI is InChI=1S/C32H35N7O9/c1-5-11-46-24-17-12-20(32(3,4)44)47-23(17)19(14-41)25-21(24)16(18(13-40)26(48-25)29(43)45-6-2)7-9-38-10-8-34-31(38)39-15-35-22-27(39)36-30(33)37-28(22)42/h7-8,10,13,20,41,44H,5-6,9,11-12,14-15H2,1-4H3,(H2,33,37,42)/t20-/m0/s1. The van der Waals surface area contributed by atoms with Crippen LogP contribution in [-0.2, 0) is 33.9 Å². The van der Waals surface area contributed by atoms with Crippen LogP contribution in [0.15, 0.2) is 44.8 Å². The molecule has 0 aliphatic carbocycles. The van der Waals surface area contributed by atoms with Gasteiger partial charge in [-0.05, 0) is 27.2 Å². The van der Waals surface area contributed by atoms with E-state index in [1.807, 2.05) is 6.92 Å². The summed E-state index contributed by atoms with van der Waals surface area (Å²) in [6, 6.07) is 0. The topological polar surface area (TPSA) is 218 Å². The zero-order valence-corrected chi connectivity index (χ0v) is 26.8. The number of aliphatic hydroxyl groups excluding tert-OH is 1. The van der Waals surface area contributed by atoms with Gasteiger partial charge in [-0.1, -0.05) is 13.0 Å². The van der Waals surface area contributed by atoms with Gasteiger partial charge < -0.3 is 34.3 Å². The van der Waals surface area contributed by atoms with Crippen LogP contribution in [0.5, 0.6) is 17.2 Å². The van der Waals surface area contributed by atoms with Gasteiger partial charge in [-0.25, -0.2) is 19.7 Å². The number of hydrogen-bond acceptors (Lipinski definition) is 12. The smallest absolute Gasteiger partial charge is 0.375 e. The van der Waals surface area contributed by atoms with Gasteiger partial charge in [0.25, 0.3) is 5.84 Å². The number of carbonyl (C=O) groups is 2. The quantitative estimate of drug-likeness (QED) is 0.183. The molecule has 252 valence electrons. The van der Waals surface area contributed by atoms with Crippen molar-refractivity contribution in [3.8, 4) is 17.2 Å². The molecule has 16 heteroatoms. The maximum atomic E-state index is 13.2. The molecule has 6 rings (SSSR count). The number of aliphatic imine (C=N–C) groups is 3. The summed E-state index contributed by atoms with van der Waals surface area (Å²) in [5.74, 6) is -0.993. The van der Waals surface area contributed by atoms with Crippen LogP contribution in [0, 0.1) is 5.41 Å². The summed E-state index contributed by atoms with van der Waals surface area (Å²) in [5, 5.41) is 41.7. The number of nitrogens with zero attached hydrogens (tertiary/aromatic N) is 5. The molecular weight excluding hydrogens is 626 g/mol. The first-order chi connectivity index (χ1) is 23.0. The predicted molar refractivity (Wildman–Crippen MR) is 169 cm³/mol. The van der Waals surface area contributed by atoms with Crippen molar-refractivity contribution in [3.63, 3.8) is 0 Å². The van der Waals surface area contributed by atoms with Crippen molar-refractivity contribution in [2.45, 2.75) is 65.4 Å². The molecule has 1 aromatic carbocycles. The molecule has 1 aromatic heterocycles. The number of carbonyl (C=O) groups excluding carboxylic acids is 2. The van der Waals surface area contributed by atoms with E-state index in [4.69, 9.17) is 24.4 Å². The second-order valence-corrected chi connectivity index (χ2v) is 11.8. The zero-order chi connectivity index (χ0) is 34.3. The summed E-state index contributed by atoms with van der Waals surface area (Å²) >= 11 is 0. The number of benzene rings is 1. The number of guanidine groups is 1. The molecule has 1 unspecified atom stereocenters. The Labute approximate surface area is 274 Å². The number of aliphatic hydroxyl groups is 2. The molecule has 0 spiro atoms. The summed E-state index contributed by atoms with van der Waals surface area (Å²) in [7, 11) is 0. The number of esters is 1. The Kier molecular flexibility index (Phi) is 8.72. The number of hydrogen-bond donors (Lipinski definition) is 4. The first-order valence-electron chi connectivity index (χ1n) is 15.5. The number of quaternary nitrogens is 1. The van der Waals surface area contributed by atoms with Gasteiger partial charge in [-0.15, -0.1) is 0 Å². The minimum Gasteiger partial charge on any atom is -0.857 e. The molecule has 0 radical (unpaired) electrons. The van der Waals surface area contributed by atoms with Gasteiger partial charge in [-0.3, -0.25) is 14.8 Å². The highest BCUT2D eigenvalue weighted by Gasteiger charge is 2.44. The second kappa shape index (κ2) is 12.8. The lowest BCUT2D eigenvalue weighted by atomic mass is 9.87. The molecule has 4 aliphatic heterocycles. The van der Waals surface area contributed by atoms with E-state index in [1.165, 1.54) is 0 Å². The van der Waals surface area contributed by atoms with Crippen LogP contribution >= 0.6 is 0 Å². The van der Waals surface area contributed by atoms with Crippen molar-refractivity contribution in [1.29, 1.82) is 5.41 Å². The molecule has 16 nitrogen and oxygen atoms in total. The largest absolute Gasteiger partial charge is 0.857 e. The van der Waals surface area contributed by atoms with Crippen LogP contribution in [0.4, 0.5) is 5.95 Å². The van der Waals surface area contributed by atoms with Crippen LogP contribution < -0.4 is 24.2 Å². The third kappa shape index (κ3) is 5.56. The Morgan fingerprint density at radius 2 is 2.08 bits per heavy atom. The van der Waals surface area contributed by atoms with Crippen LogP contribution in [0.3, 0.4) is 0 Å². The molecule has 48 heavy (non-hydrogen) atoms. The Morgan fingerprint density at radius 1 is 1.29 bits per heavy atom. The normalized spacial score (nSPS) is 20.7. The van der Waals surface area contributed by atoms with E-state index in [9.17, 15) is 24.9 Å². The third-order valence-electron chi connectivity index (χ3n) is 8.19. The number of nitrogens with one attached hydrogen (secondary N) is 2. The summed E-state index contributed by atoms with van der Waals surface area (Å²) in [5.41, 5.74) is 0.128. The number of fused-ring (bicyclic) bond motifs is 3. The average molecular weight is 662 g/mol.